The van der Waals surface area contributed by atoms with Crippen molar-refractivity contribution in [3.63, 3.8) is 0 Å². The average Bonchev–Trinajstić information content (AvgIpc) is 2.87. The van der Waals surface area contributed by atoms with Crippen LogP contribution in [0.3, 0.4) is 0 Å². The summed E-state index contributed by atoms with van der Waals surface area (Å²) in [4.78, 5) is 28.5. The van der Waals surface area contributed by atoms with E-state index >= 15 is 0 Å². The highest BCUT2D eigenvalue weighted by molar-refractivity contribution is 5.88. The van der Waals surface area contributed by atoms with Gasteiger partial charge in [0.15, 0.2) is 6.61 Å². The van der Waals surface area contributed by atoms with E-state index in [1.54, 1.807) is 18.2 Å². The fourth-order valence-corrected chi connectivity index (χ4v) is 3.89. The van der Waals surface area contributed by atoms with Crippen LogP contribution in [0.25, 0.3) is 0 Å². The molecule has 2 atom stereocenters. The summed E-state index contributed by atoms with van der Waals surface area (Å²) in [6, 6.07) is 20.7. The van der Waals surface area contributed by atoms with E-state index in [1.165, 1.54) is 11.0 Å². The minimum Gasteiger partial charge on any atom is -0.483 e. The van der Waals surface area contributed by atoms with Crippen LogP contribution in [0.2, 0.25) is 0 Å². The van der Waals surface area contributed by atoms with Gasteiger partial charge in [-0.25, -0.2) is 4.39 Å². The van der Waals surface area contributed by atoms with E-state index in [0.717, 1.165) is 23.1 Å². The van der Waals surface area contributed by atoms with Crippen LogP contribution < -0.4 is 10.1 Å². The molecule has 0 aliphatic rings. The van der Waals surface area contributed by atoms with Crippen LogP contribution in [-0.2, 0) is 22.6 Å². The highest BCUT2D eigenvalue weighted by atomic mass is 19.1. The Bertz CT molecular complexity index is 1170. The third-order valence-corrected chi connectivity index (χ3v) is 6.27. The summed E-state index contributed by atoms with van der Waals surface area (Å²) in [6.45, 7) is 7.46. The van der Waals surface area contributed by atoms with Gasteiger partial charge in [-0.05, 0) is 56.0 Å². The molecule has 0 saturated heterocycles. The molecule has 0 spiro atoms. The highest BCUT2D eigenvalue weighted by Gasteiger charge is 2.31. The van der Waals surface area contributed by atoms with Crippen molar-refractivity contribution in [2.24, 2.45) is 0 Å². The number of amides is 2. The number of nitrogens with zero attached hydrogens (tertiary/aromatic N) is 1. The number of aryl methyl sites for hydroxylation is 2. The third kappa shape index (κ3) is 7.41. The number of halogens is 1. The first-order valence-electron chi connectivity index (χ1n) is 12.4. The van der Waals surface area contributed by atoms with Crippen LogP contribution in [-0.4, -0.2) is 35.4 Å². The Morgan fingerprint density at radius 3 is 2.39 bits per heavy atom. The van der Waals surface area contributed by atoms with Crippen molar-refractivity contribution < 1.29 is 18.7 Å². The predicted octanol–water partition coefficient (Wildman–Crippen LogP) is 5.38. The van der Waals surface area contributed by atoms with Gasteiger partial charge in [-0.2, -0.15) is 0 Å². The second kappa shape index (κ2) is 12.9. The fourth-order valence-electron chi connectivity index (χ4n) is 3.89. The van der Waals surface area contributed by atoms with Crippen molar-refractivity contribution in [3.05, 3.63) is 101 Å². The molecule has 5 nitrogen and oxygen atoms in total. The number of carbonyl (C=O) groups excluding carboxylic acids is 2. The van der Waals surface area contributed by atoms with E-state index in [9.17, 15) is 14.0 Å². The van der Waals surface area contributed by atoms with Crippen LogP contribution in [0.4, 0.5) is 4.39 Å². The van der Waals surface area contributed by atoms with Gasteiger partial charge in [0.25, 0.3) is 5.91 Å². The molecular formula is C30H35FN2O3. The molecule has 0 heterocycles. The van der Waals surface area contributed by atoms with Gasteiger partial charge in [0.05, 0.1) is 0 Å². The molecular weight excluding hydrogens is 455 g/mol. The lowest BCUT2D eigenvalue weighted by molar-refractivity contribution is -0.143. The summed E-state index contributed by atoms with van der Waals surface area (Å²) in [5.41, 5.74) is 3.17. The Morgan fingerprint density at radius 2 is 1.69 bits per heavy atom. The Labute approximate surface area is 213 Å². The van der Waals surface area contributed by atoms with Gasteiger partial charge in [-0.15, -0.1) is 0 Å². The van der Waals surface area contributed by atoms with Crippen LogP contribution in [0.5, 0.6) is 5.75 Å². The Morgan fingerprint density at radius 1 is 1.00 bits per heavy atom. The van der Waals surface area contributed by atoms with E-state index in [1.807, 2.05) is 76.2 Å². The Hall–Kier alpha value is -3.67. The first-order chi connectivity index (χ1) is 17.3. The smallest absolute Gasteiger partial charge is 0.261 e. The fraction of sp³-hybridized carbons (Fsp3) is 0.333. The number of hydrogen-bond donors (Lipinski definition) is 1. The maximum Gasteiger partial charge on any atom is 0.261 e. The number of rotatable bonds is 11. The summed E-state index contributed by atoms with van der Waals surface area (Å²) in [7, 11) is 0. The zero-order valence-electron chi connectivity index (χ0n) is 21.5. The lowest BCUT2D eigenvalue weighted by Crippen LogP contribution is -2.53. The van der Waals surface area contributed by atoms with E-state index < -0.39 is 11.9 Å². The molecule has 0 aromatic heterocycles. The number of hydrogen-bond acceptors (Lipinski definition) is 3. The zero-order valence-corrected chi connectivity index (χ0v) is 21.5. The molecule has 0 saturated carbocycles. The normalized spacial score (nSPS) is 12.5. The van der Waals surface area contributed by atoms with Gasteiger partial charge in [0.1, 0.15) is 17.6 Å². The molecule has 3 rings (SSSR count). The van der Waals surface area contributed by atoms with Gasteiger partial charge < -0.3 is 15.0 Å². The maximum atomic E-state index is 14.6. The van der Waals surface area contributed by atoms with E-state index in [2.05, 4.69) is 5.32 Å². The summed E-state index contributed by atoms with van der Waals surface area (Å²) >= 11 is 0. The second-order valence-corrected chi connectivity index (χ2v) is 9.19. The van der Waals surface area contributed by atoms with Gasteiger partial charge in [-0.3, -0.25) is 9.59 Å². The standard InChI is InChI=1S/C30H35FN2O3/c1-5-23(4)32-30(35)27(18-24-11-7-6-8-12-24)33(19-25-13-9-10-14-26(25)31)29(34)20-36-28-17-21(2)15-16-22(28)3/h6-17,23,27H,5,18-20H2,1-4H3,(H,32,35)/t23-,27+/m1/s1. The van der Waals surface area contributed by atoms with Crippen molar-refractivity contribution in [2.75, 3.05) is 6.61 Å². The molecule has 3 aromatic rings. The first kappa shape index (κ1) is 26.9. The first-order valence-corrected chi connectivity index (χ1v) is 12.4. The molecule has 36 heavy (non-hydrogen) atoms. The van der Waals surface area contributed by atoms with E-state index in [0.29, 0.717) is 17.7 Å². The minimum absolute atomic E-state index is 0.0485. The van der Waals surface area contributed by atoms with Crippen LogP contribution in [0, 0.1) is 19.7 Å². The van der Waals surface area contributed by atoms with Gasteiger partial charge in [-0.1, -0.05) is 67.6 Å². The van der Waals surface area contributed by atoms with Crippen LogP contribution in [0.15, 0.2) is 72.8 Å². The topological polar surface area (TPSA) is 58.6 Å². The van der Waals surface area contributed by atoms with Gasteiger partial charge >= 0.3 is 0 Å². The molecule has 0 unspecified atom stereocenters. The summed E-state index contributed by atoms with van der Waals surface area (Å²) in [6.07, 6.45) is 1.05. The quantitative estimate of drug-likeness (QED) is 0.393. The third-order valence-electron chi connectivity index (χ3n) is 6.27. The van der Waals surface area contributed by atoms with Crippen molar-refractivity contribution in [1.29, 1.82) is 0 Å². The lowest BCUT2D eigenvalue weighted by Gasteiger charge is -2.32. The summed E-state index contributed by atoms with van der Waals surface area (Å²) < 4.78 is 20.5. The van der Waals surface area contributed by atoms with E-state index in [-0.39, 0.29) is 31.0 Å². The van der Waals surface area contributed by atoms with Crippen molar-refractivity contribution in [3.8, 4) is 5.75 Å². The molecule has 6 heteroatoms. The predicted molar refractivity (Wildman–Crippen MR) is 140 cm³/mol. The Kier molecular flexibility index (Phi) is 9.62. The second-order valence-electron chi connectivity index (χ2n) is 9.19. The number of ether oxygens (including phenoxy) is 1. The zero-order chi connectivity index (χ0) is 26.1. The van der Waals surface area contributed by atoms with Crippen LogP contribution >= 0.6 is 0 Å². The molecule has 0 aliphatic heterocycles. The summed E-state index contributed by atoms with van der Waals surface area (Å²) in [5.74, 6) is -0.478. The van der Waals surface area contributed by atoms with Crippen molar-refractivity contribution in [1.82, 2.24) is 10.2 Å². The molecule has 1 N–H and O–H groups in total. The molecule has 2 amide bonds. The average molecular weight is 491 g/mol. The molecule has 0 aliphatic carbocycles. The van der Waals surface area contributed by atoms with Gasteiger partial charge in [0.2, 0.25) is 5.91 Å². The monoisotopic (exact) mass is 490 g/mol. The Balaban J connectivity index is 1.94. The largest absolute Gasteiger partial charge is 0.483 e. The van der Waals surface area contributed by atoms with Gasteiger partial charge in [0, 0.05) is 24.6 Å². The molecule has 0 bridgehead atoms. The number of nitrogens with one attached hydrogen (secondary N) is 1. The highest BCUT2D eigenvalue weighted by Crippen LogP contribution is 2.21. The molecule has 3 aromatic carbocycles. The number of benzene rings is 3. The minimum atomic E-state index is -0.837. The molecule has 0 radical (unpaired) electrons. The lowest BCUT2D eigenvalue weighted by atomic mass is 10.0. The van der Waals surface area contributed by atoms with Crippen LogP contribution in [0.1, 0.15) is 42.5 Å². The summed E-state index contributed by atoms with van der Waals surface area (Å²) in [5, 5.41) is 3.01. The van der Waals surface area contributed by atoms with Crippen molar-refractivity contribution in [2.45, 2.75) is 59.2 Å². The molecule has 0 fully saturated rings. The SMILES string of the molecule is CC[C@@H](C)NC(=O)[C@H](Cc1ccccc1)N(Cc1ccccc1F)C(=O)COc1cc(C)ccc1C. The van der Waals surface area contributed by atoms with Crippen molar-refractivity contribution >= 4 is 11.8 Å². The van der Waals surface area contributed by atoms with E-state index in [4.69, 9.17) is 4.74 Å². The molecule has 190 valence electrons. The maximum absolute atomic E-state index is 14.6. The number of carbonyl (C=O) groups is 2.